The number of ether oxygens (including phenoxy) is 2. The molecule has 0 spiro atoms. The van der Waals surface area contributed by atoms with Gasteiger partial charge in [0, 0.05) is 0 Å². The van der Waals surface area contributed by atoms with Gasteiger partial charge in [-0.05, 0) is 25.7 Å². The summed E-state index contributed by atoms with van der Waals surface area (Å²) in [6, 6.07) is 0. The number of aryl methyl sites for hydroxylation is 2. The number of aromatic nitrogens is 4. The Balaban J connectivity index is 0.00000612. The summed E-state index contributed by atoms with van der Waals surface area (Å²) < 4.78 is 20.3. The van der Waals surface area contributed by atoms with E-state index in [1.54, 1.807) is 0 Å². The molecule has 0 aromatic carbocycles. The molecule has 36 heavy (non-hydrogen) atoms. The minimum Gasteiger partial charge on any atom is -1.00 e. The zero-order valence-corrected chi connectivity index (χ0v) is 24.5. The summed E-state index contributed by atoms with van der Waals surface area (Å²) >= 11 is 0. The summed E-state index contributed by atoms with van der Waals surface area (Å²) in [6.45, 7) is 9.11. The molecule has 0 radical (unpaired) electrons. The van der Waals surface area contributed by atoms with Gasteiger partial charge >= 0.3 is 0 Å². The lowest BCUT2D eigenvalue weighted by atomic mass is 10.1. The molecule has 0 saturated heterocycles. The van der Waals surface area contributed by atoms with Crippen LogP contribution in [-0.4, -0.2) is 22.3 Å². The van der Waals surface area contributed by atoms with E-state index in [4.69, 9.17) is 9.47 Å². The van der Waals surface area contributed by atoms with E-state index in [0.717, 1.165) is 13.1 Å². The summed E-state index contributed by atoms with van der Waals surface area (Å²) in [5.41, 5.74) is 0. The van der Waals surface area contributed by atoms with Gasteiger partial charge in [-0.25, -0.2) is 18.3 Å². The van der Waals surface area contributed by atoms with E-state index in [1.807, 2.05) is 0 Å². The van der Waals surface area contributed by atoms with Crippen LogP contribution in [0.15, 0.2) is 37.4 Å². The fourth-order valence-electron chi connectivity index (χ4n) is 4.26. The Morgan fingerprint density at radius 1 is 0.528 bits per heavy atom. The summed E-state index contributed by atoms with van der Waals surface area (Å²) in [6.07, 6.45) is 31.6. The Morgan fingerprint density at radius 3 is 1.28 bits per heavy atom. The van der Waals surface area contributed by atoms with E-state index < -0.39 is 0 Å². The highest BCUT2D eigenvalue weighted by atomic mass is 35.5. The van der Waals surface area contributed by atoms with Gasteiger partial charge in [0.25, 0.3) is 0 Å². The fourth-order valence-corrected chi connectivity index (χ4v) is 4.26. The lowest BCUT2D eigenvalue weighted by molar-refractivity contribution is -0.737. The maximum atomic E-state index is 5.77. The minimum absolute atomic E-state index is 0. The zero-order chi connectivity index (χ0) is 24.1. The Morgan fingerprint density at radius 2 is 0.889 bits per heavy atom. The lowest BCUT2D eigenvalue weighted by Gasteiger charge is -2.02. The lowest BCUT2D eigenvalue weighted by Crippen LogP contribution is -3.00. The van der Waals surface area contributed by atoms with Gasteiger partial charge in [-0.1, -0.05) is 78.1 Å². The Kier molecular flexibility index (Phi) is 23.5. The number of imidazole rings is 2. The van der Waals surface area contributed by atoms with Crippen LogP contribution in [0.4, 0.5) is 0 Å². The second-order valence-corrected chi connectivity index (χ2v) is 9.65. The topological polar surface area (TPSA) is 36.1 Å². The van der Waals surface area contributed by atoms with Crippen LogP contribution in [0.2, 0.25) is 0 Å². The molecule has 2 heterocycles. The van der Waals surface area contributed by atoms with Crippen LogP contribution in [0.3, 0.4) is 0 Å². The summed E-state index contributed by atoms with van der Waals surface area (Å²) in [5, 5.41) is 0. The Bertz CT molecular complexity index is 664. The number of hydrogen-bond donors (Lipinski definition) is 0. The van der Waals surface area contributed by atoms with Gasteiger partial charge in [0.2, 0.25) is 12.7 Å². The van der Waals surface area contributed by atoms with Crippen molar-refractivity contribution in [1.29, 1.82) is 0 Å². The molecule has 0 saturated carbocycles. The standard InChI is InChI=1S/C28H52N4O2.2ClH/c1-3-5-7-9-11-13-15-17-29-19-21-31(25-29)27-33-23-24-34-28-32-22-20-30(26-32)18-16-14-12-10-8-6-4-2;;/h19-22,25-26H,3-18,23-24,27-28H2,1-2H3;2*1H/q+2;;/p-2. The highest BCUT2D eigenvalue weighted by Crippen LogP contribution is 2.08. The summed E-state index contributed by atoms with van der Waals surface area (Å²) in [5.74, 6) is 0. The molecule has 0 unspecified atom stereocenters. The van der Waals surface area contributed by atoms with E-state index >= 15 is 0 Å². The van der Waals surface area contributed by atoms with Gasteiger partial charge in [-0.3, -0.25) is 0 Å². The number of hydrogen-bond acceptors (Lipinski definition) is 2. The van der Waals surface area contributed by atoms with Crippen molar-refractivity contribution in [3.05, 3.63) is 37.4 Å². The molecule has 210 valence electrons. The molecule has 0 aliphatic carbocycles. The third kappa shape index (κ3) is 17.4. The highest BCUT2D eigenvalue weighted by Gasteiger charge is 2.05. The van der Waals surface area contributed by atoms with Crippen molar-refractivity contribution in [2.45, 2.75) is 130 Å². The van der Waals surface area contributed by atoms with Crippen LogP contribution in [0.25, 0.3) is 0 Å². The Hall–Kier alpha value is -1.08. The fraction of sp³-hybridized carbons (Fsp3) is 0.786. The number of unbranched alkanes of at least 4 members (excludes halogenated alkanes) is 12. The van der Waals surface area contributed by atoms with Crippen LogP contribution >= 0.6 is 0 Å². The van der Waals surface area contributed by atoms with Gasteiger partial charge in [0.05, 0.1) is 26.3 Å². The molecule has 0 N–H and O–H groups in total. The van der Waals surface area contributed by atoms with Crippen LogP contribution in [0, 0.1) is 0 Å². The van der Waals surface area contributed by atoms with Crippen LogP contribution in [0.5, 0.6) is 0 Å². The van der Waals surface area contributed by atoms with Crippen molar-refractivity contribution in [3.63, 3.8) is 0 Å². The van der Waals surface area contributed by atoms with Crippen LogP contribution < -0.4 is 33.9 Å². The van der Waals surface area contributed by atoms with Crippen molar-refractivity contribution in [1.82, 2.24) is 9.13 Å². The predicted molar refractivity (Wildman–Crippen MR) is 137 cm³/mol. The predicted octanol–water partition coefficient (Wildman–Crippen LogP) is 0.0222. The molecule has 2 aromatic heterocycles. The molecule has 2 aromatic rings. The summed E-state index contributed by atoms with van der Waals surface area (Å²) in [4.78, 5) is 0. The normalized spacial score (nSPS) is 10.8. The van der Waals surface area contributed by atoms with Gasteiger partial charge < -0.3 is 34.3 Å². The largest absolute Gasteiger partial charge is 1.00 e. The molecule has 0 atom stereocenters. The minimum atomic E-state index is 0. The van der Waals surface area contributed by atoms with E-state index in [0.29, 0.717) is 26.7 Å². The highest BCUT2D eigenvalue weighted by molar-refractivity contribution is 4.66. The van der Waals surface area contributed by atoms with E-state index in [-0.39, 0.29) is 24.8 Å². The maximum absolute atomic E-state index is 5.77. The van der Waals surface area contributed by atoms with E-state index in [2.05, 4.69) is 69.6 Å². The molecule has 0 bridgehead atoms. The third-order valence-electron chi connectivity index (χ3n) is 6.38. The summed E-state index contributed by atoms with van der Waals surface area (Å²) in [7, 11) is 0. The number of halogens is 2. The van der Waals surface area contributed by atoms with Gasteiger partial charge in [-0.15, -0.1) is 0 Å². The average molecular weight is 548 g/mol. The Labute approximate surface area is 233 Å². The molecule has 8 heteroatoms. The molecule has 2 rings (SSSR count). The molecule has 0 aliphatic heterocycles. The first kappa shape index (κ1) is 34.9. The zero-order valence-electron chi connectivity index (χ0n) is 23.0. The number of rotatable bonds is 23. The molecular weight excluding hydrogens is 495 g/mol. The van der Waals surface area contributed by atoms with Gasteiger partial charge in [0.15, 0.2) is 13.5 Å². The first-order valence-corrected chi connectivity index (χ1v) is 14.1. The van der Waals surface area contributed by atoms with E-state index in [9.17, 15) is 0 Å². The van der Waals surface area contributed by atoms with Crippen molar-refractivity contribution >= 4 is 0 Å². The molecule has 6 nitrogen and oxygen atoms in total. The molecule has 0 fully saturated rings. The molecular formula is C28H52Cl2N4O2. The van der Waals surface area contributed by atoms with Crippen molar-refractivity contribution in [2.24, 2.45) is 0 Å². The van der Waals surface area contributed by atoms with E-state index in [1.165, 1.54) is 89.9 Å². The van der Waals surface area contributed by atoms with Crippen LogP contribution in [-0.2, 0) is 36.0 Å². The second-order valence-electron chi connectivity index (χ2n) is 9.65. The second kappa shape index (κ2) is 24.3. The molecule has 0 aliphatic rings. The first-order valence-electron chi connectivity index (χ1n) is 14.1. The van der Waals surface area contributed by atoms with Crippen molar-refractivity contribution < 1.29 is 43.4 Å². The van der Waals surface area contributed by atoms with Crippen molar-refractivity contribution in [2.75, 3.05) is 13.2 Å². The first-order chi connectivity index (χ1) is 16.8. The van der Waals surface area contributed by atoms with Gasteiger partial charge in [-0.2, -0.15) is 0 Å². The SMILES string of the molecule is CCCCCCCCCn1cc[n+](COCCOC[n+]2ccn(CCCCCCCCC)c2)c1.[Cl-].[Cl-]. The average Bonchev–Trinajstić information content (AvgIpc) is 3.49. The van der Waals surface area contributed by atoms with Gasteiger partial charge in [0.1, 0.15) is 24.8 Å². The monoisotopic (exact) mass is 546 g/mol. The molecule has 0 amide bonds. The number of nitrogens with zero attached hydrogens (tertiary/aromatic N) is 4. The van der Waals surface area contributed by atoms with Crippen molar-refractivity contribution in [3.8, 4) is 0 Å². The third-order valence-corrected chi connectivity index (χ3v) is 6.38. The van der Waals surface area contributed by atoms with Crippen LogP contribution in [0.1, 0.15) is 104 Å². The maximum Gasteiger partial charge on any atom is 0.245 e. The quantitative estimate of drug-likeness (QED) is 0.145. The smallest absolute Gasteiger partial charge is 0.245 e.